The van der Waals surface area contributed by atoms with E-state index < -0.39 is 39.0 Å². The maximum atomic E-state index is 13.4. The summed E-state index contributed by atoms with van der Waals surface area (Å²) in [7, 11) is -3.66. The van der Waals surface area contributed by atoms with Crippen LogP contribution in [0, 0.1) is 0 Å². The summed E-state index contributed by atoms with van der Waals surface area (Å²) >= 11 is 12.4. The van der Waals surface area contributed by atoms with Gasteiger partial charge in [-0.3, -0.25) is 19.4 Å². The summed E-state index contributed by atoms with van der Waals surface area (Å²) in [5, 5.41) is 10.7. The smallest absolute Gasteiger partial charge is 0.315 e. The molecule has 0 aliphatic carbocycles. The van der Waals surface area contributed by atoms with Gasteiger partial charge in [-0.05, 0) is 25.0 Å². The van der Waals surface area contributed by atoms with Crippen molar-refractivity contribution in [3.63, 3.8) is 0 Å². The lowest BCUT2D eigenvalue weighted by Crippen LogP contribution is -2.46. The van der Waals surface area contributed by atoms with E-state index in [0.717, 1.165) is 0 Å². The summed E-state index contributed by atoms with van der Waals surface area (Å²) in [5.74, 6) is -2.16. The molecule has 2 amide bonds. The van der Waals surface area contributed by atoms with Gasteiger partial charge in [0.2, 0.25) is 5.75 Å². The van der Waals surface area contributed by atoms with Gasteiger partial charge in [0.1, 0.15) is 5.82 Å². The van der Waals surface area contributed by atoms with Gasteiger partial charge in [-0.2, -0.15) is 4.98 Å². The van der Waals surface area contributed by atoms with Crippen LogP contribution < -0.4 is 5.56 Å². The zero-order valence-electron chi connectivity index (χ0n) is 20.5. The highest BCUT2D eigenvalue weighted by Gasteiger charge is 2.39. The molecule has 5 rings (SSSR count). The maximum Gasteiger partial charge on any atom is 0.315 e. The van der Waals surface area contributed by atoms with Crippen molar-refractivity contribution >= 4 is 44.9 Å². The van der Waals surface area contributed by atoms with E-state index in [9.17, 15) is 27.9 Å². The summed E-state index contributed by atoms with van der Waals surface area (Å²) in [6.07, 6.45) is 3.67. The fourth-order valence-corrected chi connectivity index (χ4v) is 6.75. The predicted molar refractivity (Wildman–Crippen MR) is 142 cm³/mol. The highest BCUT2D eigenvalue weighted by molar-refractivity contribution is 7.91. The Hall–Kier alpha value is -3.48. The molecule has 1 atom stereocenters. The molecule has 2 aliphatic heterocycles. The lowest BCUT2D eigenvalue weighted by atomic mass is 10.1. The summed E-state index contributed by atoms with van der Waals surface area (Å²) in [6.45, 7) is 0.462. The Labute approximate surface area is 233 Å². The van der Waals surface area contributed by atoms with Crippen LogP contribution in [0.5, 0.6) is 5.75 Å². The lowest BCUT2D eigenvalue weighted by Gasteiger charge is -2.34. The molecule has 39 heavy (non-hydrogen) atoms. The normalized spacial score (nSPS) is 17.4. The minimum atomic E-state index is -3.66. The number of likely N-dealkylation sites (tertiary alicyclic amines) is 1. The van der Waals surface area contributed by atoms with Gasteiger partial charge in [-0.15, -0.1) is 0 Å². The SMILES string of the molecule is O=C1c2c(O)c(=O)nc([C@@H]3CCCN3C(=O)c3c(Cl)cncc3Cl)n2CCN1CCS(=O)(=O)c1ccccc1. The Morgan fingerprint density at radius 3 is 2.44 bits per heavy atom. The van der Waals surface area contributed by atoms with Crippen LogP contribution in [0.15, 0.2) is 52.4 Å². The lowest BCUT2D eigenvalue weighted by molar-refractivity contribution is 0.0689. The van der Waals surface area contributed by atoms with Gasteiger partial charge in [-0.25, -0.2) is 8.42 Å². The van der Waals surface area contributed by atoms with Crippen molar-refractivity contribution in [2.24, 2.45) is 0 Å². The molecule has 0 saturated carbocycles. The molecular formula is C25H23Cl2N5O6S. The van der Waals surface area contributed by atoms with E-state index in [-0.39, 0.29) is 57.4 Å². The molecule has 1 N–H and O–H groups in total. The number of pyridine rings is 1. The average molecular weight is 592 g/mol. The number of aromatic hydroxyl groups is 1. The zero-order valence-corrected chi connectivity index (χ0v) is 22.8. The summed E-state index contributed by atoms with van der Waals surface area (Å²) < 4.78 is 26.9. The first-order chi connectivity index (χ1) is 18.6. The molecule has 0 radical (unpaired) electrons. The summed E-state index contributed by atoms with van der Waals surface area (Å²) in [5.41, 5.74) is -1.22. The molecule has 3 aromatic rings. The molecule has 4 heterocycles. The number of hydrogen-bond donors (Lipinski definition) is 1. The third-order valence-electron chi connectivity index (χ3n) is 6.88. The zero-order chi connectivity index (χ0) is 27.9. The fraction of sp³-hybridized carbons (Fsp3) is 0.320. The maximum absolute atomic E-state index is 13.4. The van der Waals surface area contributed by atoms with Crippen molar-refractivity contribution in [2.75, 3.05) is 25.4 Å². The molecule has 2 aromatic heterocycles. The van der Waals surface area contributed by atoms with E-state index in [1.54, 1.807) is 18.2 Å². The van der Waals surface area contributed by atoms with Crippen molar-refractivity contribution in [3.8, 4) is 5.75 Å². The Balaban J connectivity index is 1.45. The molecule has 204 valence electrons. The average Bonchev–Trinajstić information content (AvgIpc) is 3.40. The number of fused-ring (bicyclic) bond motifs is 1. The first-order valence-corrected chi connectivity index (χ1v) is 14.5. The first kappa shape index (κ1) is 27.1. The van der Waals surface area contributed by atoms with Gasteiger partial charge in [0.25, 0.3) is 11.8 Å². The van der Waals surface area contributed by atoms with Crippen molar-refractivity contribution in [1.82, 2.24) is 24.3 Å². The second-order valence-corrected chi connectivity index (χ2v) is 12.1. The monoisotopic (exact) mass is 591 g/mol. The summed E-state index contributed by atoms with van der Waals surface area (Å²) in [4.78, 5) is 50.3. The van der Waals surface area contributed by atoms with Crippen molar-refractivity contribution in [3.05, 3.63) is 80.2 Å². The number of hydrogen-bond acceptors (Lipinski definition) is 8. The molecule has 0 bridgehead atoms. The second kappa shape index (κ2) is 10.6. The molecule has 1 saturated heterocycles. The number of rotatable bonds is 6. The molecule has 14 heteroatoms. The minimum Gasteiger partial charge on any atom is -0.501 e. The standard InChI is InChI=1S/C25H23Cl2N5O6S/c26-16-13-28-14-17(27)19(16)24(35)31-8-4-7-18(31)22-29-23(34)21(33)20-25(36)30(9-10-32(20)22)11-12-39(37,38)15-5-2-1-3-6-15/h1-3,5-6,13-14,18,33H,4,7-12H2/t18-/m0/s1. The highest BCUT2D eigenvalue weighted by Crippen LogP contribution is 2.36. The van der Waals surface area contributed by atoms with Crippen LogP contribution in [-0.4, -0.2) is 75.1 Å². The van der Waals surface area contributed by atoms with E-state index in [2.05, 4.69) is 9.97 Å². The minimum absolute atomic E-state index is 0.0714. The molecule has 0 spiro atoms. The molecule has 0 unspecified atom stereocenters. The third kappa shape index (κ3) is 4.99. The number of nitrogens with zero attached hydrogens (tertiary/aromatic N) is 5. The van der Waals surface area contributed by atoms with Gasteiger partial charge in [-0.1, -0.05) is 41.4 Å². The largest absolute Gasteiger partial charge is 0.501 e. The predicted octanol–water partition coefficient (Wildman–Crippen LogP) is 2.56. The number of benzene rings is 1. The van der Waals surface area contributed by atoms with Gasteiger partial charge in [0.15, 0.2) is 15.5 Å². The van der Waals surface area contributed by atoms with Crippen LogP contribution in [0.1, 0.15) is 45.6 Å². The van der Waals surface area contributed by atoms with Crippen LogP contribution in [0.25, 0.3) is 0 Å². The Morgan fingerprint density at radius 2 is 1.74 bits per heavy atom. The van der Waals surface area contributed by atoms with Gasteiger partial charge < -0.3 is 19.5 Å². The number of halogens is 2. The van der Waals surface area contributed by atoms with E-state index >= 15 is 0 Å². The van der Waals surface area contributed by atoms with Crippen LogP contribution in [0.3, 0.4) is 0 Å². The highest BCUT2D eigenvalue weighted by atomic mass is 35.5. The Bertz CT molecular complexity index is 1610. The molecule has 1 aromatic carbocycles. The Kier molecular flexibility index (Phi) is 7.36. The third-order valence-corrected chi connectivity index (χ3v) is 9.17. The van der Waals surface area contributed by atoms with Gasteiger partial charge in [0, 0.05) is 38.6 Å². The van der Waals surface area contributed by atoms with Crippen molar-refractivity contribution in [1.29, 1.82) is 0 Å². The number of amides is 2. The number of aromatic nitrogens is 3. The number of sulfone groups is 1. The fourth-order valence-electron chi connectivity index (χ4n) is 4.96. The second-order valence-electron chi connectivity index (χ2n) is 9.18. The quantitative estimate of drug-likeness (QED) is 0.460. The van der Waals surface area contributed by atoms with E-state index in [1.807, 2.05) is 0 Å². The van der Waals surface area contributed by atoms with Crippen LogP contribution in [-0.2, 0) is 16.4 Å². The van der Waals surface area contributed by atoms with E-state index in [1.165, 1.54) is 38.9 Å². The van der Waals surface area contributed by atoms with E-state index in [4.69, 9.17) is 23.2 Å². The molecule has 1 fully saturated rings. The van der Waals surface area contributed by atoms with Crippen LogP contribution in [0.2, 0.25) is 10.0 Å². The first-order valence-electron chi connectivity index (χ1n) is 12.1. The van der Waals surface area contributed by atoms with E-state index in [0.29, 0.717) is 19.4 Å². The molecule has 11 nitrogen and oxygen atoms in total. The van der Waals surface area contributed by atoms with Crippen molar-refractivity contribution < 1.29 is 23.1 Å². The molecular weight excluding hydrogens is 569 g/mol. The van der Waals surface area contributed by atoms with Crippen LogP contribution in [0.4, 0.5) is 0 Å². The van der Waals surface area contributed by atoms with Crippen LogP contribution >= 0.6 is 23.2 Å². The number of carbonyl (C=O) groups excluding carboxylic acids is 2. The number of carbonyl (C=O) groups is 2. The van der Waals surface area contributed by atoms with Gasteiger partial charge >= 0.3 is 5.56 Å². The summed E-state index contributed by atoms with van der Waals surface area (Å²) in [6, 6.07) is 7.21. The topological polar surface area (TPSA) is 143 Å². The molecule has 2 aliphatic rings. The van der Waals surface area contributed by atoms with Gasteiger partial charge in [0.05, 0.1) is 32.3 Å². The van der Waals surface area contributed by atoms with Crippen molar-refractivity contribution in [2.45, 2.75) is 30.3 Å². The Morgan fingerprint density at radius 1 is 1.05 bits per heavy atom.